The van der Waals surface area contributed by atoms with E-state index in [0.29, 0.717) is 38.9 Å². The van der Waals surface area contributed by atoms with E-state index in [4.69, 9.17) is 9.47 Å². The summed E-state index contributed by atoms with van der Waals surface area (Å²) in [5.74, 6) is 0.960. The zero-order chi connectivity index (χ0) is 17.1. The molecule has 1 aliphatic heterocycles. The van der Waals surface area contributed by atoms with Crippen molar-refractivity contribution in [3.8, 4) is 0 Å². The summed E-state index contributed by atoms with van der Waals surface area (Å²) in [5, 5.41) is 6.27. The molecular weight excluding hydrogens is 314 g/mol. The van der Waals surface area contributed by atoms with Crippen molar-refractivity contribution in [2.24, 2.45) is 11.8 Å². The van der Waals surface area contributed by atoms with E-state index in [1.807, 2.05) is 6.92 Å². The molecule has 0 aromatic rings. The molecule has 0 bridgehead atoms. The minimum Gasteiger partial charge on any atom is -0.378 e. The van der Waals surface area contributed by atoms with Gasteiger partial charge in [0.15, 0.2) is 0 Å². The maximum Gasteiger partial charge on any atom is 0.225 e. The maximum absolute atomic E-state index is 11.9. The number of ether oxygens (including phenoxy) is 2. The summed E-state index contributed by atoms with van der Waals surface area (Å²) in [7, 11) is 0. The first-order valence-electron chi connectivity index (χ1n) is 8.56. The van der Waals surface area contributed by atoms with Gasteiger partial charge in [0, 0.05) is 38.1 Å². The van der Waals surface area contributed by atoms with Gasteiger partial charge in [-0.05, 0) is 12.8 Å². The van der Waals surface area contributed by atoms with Crippen LogP contribution in [0.15, 0.2) is 0 Å². The van der Waals surface area contributed by atoms with Gasteiger partial charge in [0.1, 0.15) is 0 Å². The molecule has 6 nitrogen and oxygen atoms in total. The molecule has 1 heterocycles. The molecule has 7 heteroatoms. The second-order valence-electron chi connectivity index (χ2n) is 6.46. The van der Waals surface area contributed by atoms with Crippen LogP contribution in [0.1, 0.15) is 20.8 Å². The second-order valence-corrected chi connectivity index (χ2v) is 7.23. The van der Waals surface area contributed by atoms with Gasteiger partial charge in [0.25, 0.3) is 0 Å². The van der Waals surface area contributed by atoms with E-state index in [-0.39, 0.29) is 17.2 Å². The van der Waals surface area contributed by atoms with Crippen molar-refractivity contribution in [2.45, 2.75) is 26.1 Å². The average molecular weight is 348 g/mol. The molecule has 2 N–H and O–H groups in total. The molecule has 0 aromatic heterocycles. The summed E-state index contributed by atoms with van der Waals surface area (Å²) < 4.78 is 10.8. The largest absolute Gasteiger partial charge is 0.378 e. The Morgan fingerprint density at radius 2 is 1.74 bits per heavy atom. The van der Waals surface area contributed by atoms with E-state index in [1.165, 1.54) is 0 Å². The lowest BCUT2D eigenvalue weighted by molar-refractivity contribution is -0.130. The Morgan fingerprint density at radius 1 is 1.13 bits per heavy atom. The van der Waals surface area contributed by atoms with Crippen LogP contribution in [-0.4, -0.2) is 75.3 Å². The Morgan fingerprint density at radius 3 is 2.30 bits per heavy atom. The van der Waals surface area contributed by atoms with Crippen LogP contribution in [-0.2, 0) is 14.3 Å². The first kappa shape index (κ1) is 20.7. The number of thiol groups is 1. The van der Waals surface area contributed by atoms with Crippen LogP contribution >= 0.6 is 12.6 Å². The van der Waals surface area contributed by atoms with Crippen molar-refractivity contribution in [1.82, 2.24) is 15.5 Å². The van der Waals surface area contributed by atoms with Crippen molar-refractivity contribution >= 4 is 18.5 Å². The summed E-state index contributed by atoms with van der Waals surface area (Å²) in [6.07, 6.45) is 0. The van der Waals surface area contributed by atoms with Gasteiger partial charge in [0.05, 0.1) is 32.3 Å². The van der Waals surface area contributed by atoms with Crippen LogP contribution in [0.3, 0.4) is 0 Å². The molecule has 1 rings (SSSR count). The van der Waals surface area contributed by atoms with Gasteiger partial charge in [0.2, 0.25) is 5.91 Å². The van der Waals surface area contributed by atoms with E-state index in [2.05, 4.69) is 42.0 Å². The number of likely N-dealkylation sites (tertiary alicyclic amines) is 1. The van der Waals surface area contributed by atoms with Gasteiger partial charge in [-0.2, -0.15) is 12.6 Å². The lowest BCUT2D eigenvalue weighted by atomic mass is 9.98. The van der Waals surface area contributed by atoms with Gasteiger partial charge < -0.3 is 25.0 Å². The summed E-state index contributed by atoms with van der Waals surface area (Å²) in [5.41, 5.74) is 0. The first-order chi connectivity index (χ1) is 11.0. The smallest absolute Gasteiger partial charge is 0.225 e. The predicted molar refractivity (Wildman–Crippen MR) is 95.9 cm³/mol. The zero-order valence-electron chi connectivity index (χ0n) is 14.7. The molecule has 136 valence electrons. The highest BCUT2D eigenvalue weighted by atomic mass is 32.1. The van der Waals surface area contributed by atoms with Crippen molar-refractivity contribution in [1.29, 1.82) is 0 Å². The lowest BCUT2D eigenvalue weighted by Crippen LogP contribution is -2.54. The second kappa shape index (κ2) is 12.1. The van der Waals surface area contributed by atoms with E-state index < -0.39 is 0 Å². The Hall–Kier alpha value is -0.340. The van der Waals surface area contributed by atoms with E-state index >= 15 is 0 Å². The molecule has 0 spiro atoms. The molecule has 0 radical (unpaired) electrons. The van der Waals surface area contributed by atoms with E-state index in [9.17, 15) is 4.79 Å². The molecule has 1 atom stereocenters. The van der Waals surface area contributed by atoms with Crippen LogP contribution < -0.4 is 10.6 Å². The molecule has 0 aromatic carbocycles. The monoisotopic (exact) mass is 347 g/mol. The lowest BCUT2D eigenvalue weighted by Gasteiger charge is -2.39. The third-order valence-electron chi connectivity index (χ3n) is 3.56. The van der Waals surface area contributed by atoms with Crippen LogP contribution in [0.25, 0.3) is 0 Å². The Labute approximate surface area is 146 Å². The number of hydrogen-bond acceptors (Lipinski definition) is 6. The molecule has 1 saturated heterocycles. The van der Waals surface area contributed by atoms with E-state index in [0.717, 1.165) is 26.2 Å². The molecule has 1 unspecified atom stereocenters. The van der Waals surface area contributed by atoms with Gasteiger partial charge in [-0.25, -0.2) is 0 Å². The number of amides is 1. The zero-order valence-corrected chi connectivity index (χ0v) is 15.6. The average Bonchev–Trinajstić information content (AvgIpc) is 2.43. The quantitative estimate of drug-likeness (QED) is 0.259. The molecule has 1 aliphatic rings. The van der Waals surface area contributed by atoms with Crippen molar-refractivity contribution in [3.63, 3.8) is 0 Å². The molecule has 23 heavy (non-hydrogen) atoms. The van der Waals surface area contributed by atoms with Crippen molar-refractivity contribution < 1.29 is 14.3 Å². The van der Waals surface area contributed by atoms with Crippen LogP contribution in [0.2, 0.25) is 0 Å². The highest BCUT2D eigenvalue weighted by Crippen LogP contribution is 2.16. The van der Waals surface area contributed by atoms with Crippen molar-refractivity contribution in [3.05, 3.63) is 0 Å². The fourth-order valence-electron chi connectivity index (χ4n) is 2.45. The molecule has 1 amide bonds. The normalized spacial score (nSPS) is 17.3. The number of hydrogen-bond donors (Lipinski definition) is 3. The Kier molecular flexibility index (Phi) is 10.9. The van der Waals surface area contributed by atoms with Crippen LogP contribution in [0, 0.1) is 11.8 Å². The number of nitrogens with zero attached hydrogens (tertiary/aromatic N) is 1. The summed E-state index contributed by atoms with van der Waals surface area (Å²) in [6, 6.07) is 0. The Balaban J connectivity index is 1.84. The first-order valence-corrected chi connectivity index (χ1v) is 9.07. The minimum absolute atomic E-state index is 0.150. The Bertz CT molecular complexity index is 324. The number of carbonyl (C=O) groups excluding carboxylic acids is 1. The maximum atomic E-state index is 11.9. The van der Waals surface area contributed by atoms with Crippen LogP contribution in [0.4, 0.5) is 0 Å². The topological polar surface area (TPSA) is 62.8 Å². The fraction of sp³-hybridized carbons (Fsp3) is 0.938. The minimum atomic E-state index is 0.150. The van der Waals surface area contributed by atoms with Crippen LogP contribution in [0.5, 0.6) is 0 Å². The van der Waals surface area contributed by atoms with Gasteiger partial charge >= 0.3 is 0 Å². The van der Waals surface area contributed by atoms with Crippen molar-refractivity contribution in [2.75, 3.05) is 59.2 Å². The van der Waals surface area contributed by atoms with Gasteiger partial charge in [-0.15, -0.1) is 0 Å². The fourth-order valence-corrected chi connectivity index (χ4v) is 2.58. The number of carbonyl (C=O) groups is 1. The summed E-state index contributed by atoms with van der Waals surface area (Å²) in [4.78, 5) is 14.2. The molecule has 0 aliphatic carbocycles. The SMILES string of the molecule is CC(C)CN1CC(C(=O)NCCOCCOCCNC(C)S)C1. The third-order valence-corrected chi connectivity index (χ3v) is 3.74. The number of nitrogens with one attached hydrogen (secondary N) is 2. The van der Waals surface area contributed by atoms with Gasteiger partial charge in [-0.3, -0.25) is 4.79 Å². The summed E-state index contributed by atoms with van der Waals surface area (Å²) >= 11 is 4.21. The van der Waals surface area contributed by atoms with Gasteiger partial charge in [-0.1, -0.05) is 13.8 Å². The predicted octanol–water partition coefficient (Wildman–Crippen LogP) is 0.589. The molecular formula is C16H33N3O3S. The number of rotatable bonds is 13. The molecule has 1 fully saturated rings. The third kappa shape index (κ3) is 10.2. The van der Waals surface area contributed by atoms with E-state index in [1.54, 1.807) is 0 Å². The highest BCUT2D eigenvalue weighted by Gasteiger charge is 2.32. The summed E-state index contributed by atoms with van der Waals surface area (Å²) in [6.45, 7) is 12.9. The standard InChI is InChI=1S/C16H33N3O3S/c1-13(2)10-19-11-15(12-19)16(20)18-5-7-22-9-8-21-6-4-17-14(3)23/h13-15,17,23H,4-12H2,1-3H3,(H,18,20). The molecule has 0 saturated carbocycles. The highest BCUT2D eigenvalue weighted by molar-refractivity contribution is 7.80.